The van der Waals surface area contributed by atoms with E-state index in [0.717, 1.165) is 21.1 Å². The third-order valence-corrected chi connectivity index (χ3v) is 4.89. The summed E-state index contributed by atoms with van der Waals surface area (Å²) in [6.45, 7) is 2.76. The summed E-state index contributed by atoms with van der Waals surface area (Å²) in [5.74, 6) is -0.798. The van der Waals surface area contributed by atoms with Gasteiger partial charge < -0.3 is 10.0 Å². The van der Waals surface area contributed by atoms with E-state index in [1.807, 2.05) is 23.1 Å². The van der Waals surface area contributed by atoms with Crippen molar-refractivity contribution in [3.63, 3.8) is 0 Å². The number of hydrogen-bond donors (Lipinski definition) is 1. The maximum atomic E-state index is 11.5. The zero-order valence-electron chi connectivity index (χ0n) is 12.0. The Kier molecular flexibility index (Phi) is 3.53. The van der Waals surface area contributed by atoms with Gasteiger partial charge in [0.25, 0.3) is 0 Å². The zero-order chi connectivity index (χ0) is 15.9. The Bertz CT molecular complexity index is 815. The van der Waals surface area contributed by atoms with E-state index >= 15 is 0 Å². The Morgan fingerprint density at radius 1 is 1.55 bits per heavy atom. The molecule has 2 heterocycles. The SMILES string of the molecule is CC1(C(=O)O)CCN(c2c(C#N)cnc3c(Br)cccc23)C1. The number of para-hydroxylation sites is 1. The molecular weight excluding hydrogens is 346 g/mol. The van der Waals surface area contributed by atoms with Crippen molar-refractivity contribution in [3.8, 4) is 6.07 Å². The van der Waals surface area contributed by atoms with Gasteiger partial charge in [-0.3, -0.25) is 9.78 Å². The average Bonchev–Trinajstić information content (AvgIpc) is 2.90. The van der Waals surface area contributed by atoms with E-state index in [1.54, 1.807) is 13.1 Å². The van der Waals surface area contributed by atoms with Crippen molar-refractivity contribution in [3.05, 3.63) is 34.4 Å². The third-order valence-electron chi connectivity index (χ3n) is 4.25. The minimum absolute atomic E-state index is 0.392. The van der Waals surface area contributed by atoms with Crippen LogP contribution in [0.3, 0.4) is 0 Å². The number of pyridine rings is 1. The van der Waals surface area contributed by atoms with Crippen LogP contribution in [0.15, 0.2) is 28.9 Å². The number of carbonyl (C=O) groups is 1. The summed E-state index contributed by atoms with van der Waals surface area (Å²) >= 11 is 3.47. The standard InChI is InChI=1S/C16H14BrN3O2/c1-16(15(21)22)5-6-20(9-16)14-10(7-18)8-19-13-11(14)3-2-4-12(13)17/h2-4,8H,5-6,9H2,1H3,(H,21,22). The van der Waals surface area contributed by atoms with Gasteiger partial charge in [0.15, 0.2) is 0 Å². The maximum Gasteiger partial charge on any atom is 0.311 e. The molecule has 0 radical (unpaired) electrons. The number of benzene rings is 1. The van der Waals surface area contributed by atoms with Crippen LogP contribution < -0.4 is 4.90 Å². The highest BCUT2D eigenvalue weighted by Gasteiger charge is 2.41. The smallest absolute Gasteiger partial charge is 0.311 e. The van der Waals surface area contributed by atoms with E-state index < -0.39 is 11.4 Å². The van der Waals surface area contributed by atoms with Crippen molar-refractivity contribution >= 4 is 38.5 Å². The molecule has 2 aromatic rings. The molecule has 1 atom stereocenters. The first kappa shape index (κ1) is 14.8. The van der Waals surface area contributed by atoms with E-state index in [4.69, 9.17) is 0 Å². The molecule has 0 aliphatic carbocycles. The Balaban J connectivity index is 2.17. The molecule has 1 N–H and O–H groups in total. The van der Waals surface area contributed by atoms with Crippen molar-refractivity contribution in [2.24, 2.45) is 5.41 Å². The van der Waals surface area contributed by atoms with Crippen molar-refractivity contribution in [2.45, 2.75) is 13.3 Å². The molecule has 3 rings (SSSR count). The lowest BCUT2D eigenvalue weighted by molar-refractivity contribution is -0.146. The van der Waals surface area contributed by atoms with Gasteiger partial charge in [-0.25, -0.2) is 0 Å². The number of aliphatic carboxylic acids is 1. The van der Waals surface area contributed by atoms with Gasteiger partial charge in [-0.2, -0.15) is 5.26 Å². The predicted molar refractivity (Wildman–Crippen MR) is 86.7 cm³/mol. The number of hydrogen-bond acceptors (Lipinski definition) is 4. The van der Waals surface area contributed by atoms with E-state index in [-0.39, 0.29) is 0 Å². The van der Waals surface area contributed by atoms with Crippen LogP contribution in [0.2, 0.25) is 0 Å². The summed E-state index contributed by atoms with van der Waals surface area (Å²) in [6.07, 6.45) is 2.11. The number of carboxylic acid groups (broad SMARTS) is 1. The van der Waals surface area contributed by atoms with Crippen molar-refractivity contribution < 1.29 is 9.90 Å². The number of rotatable bonds is 2. The number of carboxylic acids is 1. The number of nitrogens with zero attached hydrogens (tertiary/aromatic N) is 3. The Morgan fingerprint density at radius 3 is 2.95 bits per heavy atom. The molecule has 1 unspecified atom stereocenters. The lowest BCUT2D eigenvalue weighted by atomic mass is 9.90. The molecule has 0 bridgehead atoms. The maximum absolute atomic E-state index is 11.5. The fraction of sp³-hybridized carbons (Fsp3) is 0.312. The first-order valence-corrected chi connectivity index (χ1v) is 7.71. The lowest BCUT2D eigenvalue weighted by Gasteiger charge is -2.24. The minimum atomic E-state index is -0.798. The van der Waals surface area contributed by atoms with Crippen LogP contribution in [0.5, 0.6) is 0 Å². The van der Waals surface area contributed by atoms with Crippen LogP contribution in [0, 0.1) is 16.7 Å². The Hall–Kier alpha value is -2.13. The normalized spacial score (nSPS) is 21.0. The zero-order valence-corrected chi connectivity index (χ0v) is 13.6. The molecule has 0 saturated carbocycles. The lowest BCUT2D eigenvalue weighted by Crippen LogP contribution is -2.32. The van der Waals surface area contributed by atoms with Gasteiger partial charge in [-0.1, -0.05) is 12.1 Å². The topological polar surface area (TPSA) is 77.2 Å². The van der Waals surface area contributed by atoms with Crippen molar-refractivity contribution in [2.75, 3.05) is 18.0 Å². The van der Waals surface area contributed by atoms with Crippen LogP contribution in [0.25, 0.3) is 10.9 Å². The second kappa shape index (κ2) is 5.25. The first-order valence-electron chi connectivity index (χ1n) is 6.92. The number of nitriles is 1. The van der Waals surface area contributed by atoms with Gasteiger partial charge in [0.05, 0.1) is 22.2 Å². The monoisotopic (exact) mass is 359 g/mol. The molecule has 0 amide bonds. The molecular formula is C16H14BrN3O2. The second-order valence-electron chi connectivity index (χ2n) is 5.81. The Morgan fingerprint density at radius 2 is 2.32 bits per heavy atom. The molecule has 1 aromatic heterocycles. The summed E-state index contributed by atoms with van der Waals surface area (Å²) in [7, 11) is 0. The van der Waals surface area contributed by atoms with Gasteiger partial charge >= 0.3 is 5.97 Å². The largest absolute Gasteiger partial charge is 0.481 e. The van der Waals surface area contributed by atoms with Crippen LogP contribution in [0.1, 0.15) is 18.9 Å². The Labute approximate surface area is 136 Å². The molecule has 0 spiro atoms. The molecule has 1 aliphatic heterocycles. The minimum Gasteiger partial charge on any atom is -0.481 e. The molecule has 1 aromatic carbocycles. The van der Waals surface area contributed by atoms with E-state index in [1.165, 1.54) is 0 Å². The van der Waals surface area contributed by atoms with Crippen LogP contribution in [-0.4, -0.2) is 29.1 Å². The van der Waals surface area contributed by atoms with Gasteiger partial charge in [-0.05, 0) is 35.3 Å². The fourth-order valence-electron chi connectivity index (χ4n) is 2.92. The molecule has 5 nitrogen and oxygen atoms in total. The molecule has 22 heavy (non-hydrogen) atoms. The van der Waals surface area contributed by atoms with E-state index in [2.05, 4.69) is 27.0 Å². The van der Waals surface area contributed by atoms with Gasteiger partial charge in [-0.15, -0.1) is 0 Å². The summed E-state index contributed by atoms with van der Waals surface area (Å²) in [6, 6.07) is 7.88. The van der Waals surface area contributed by atoms with E-state index in [9.17, 15) is 15.2 Å². The van der Waals surface area contributed by atoms with Gasteiger partial charge in [0.2, 0.25) is 0 Å². The van der Waals surface area contributed by atoms with Crippen LogP contribution >= 0.6 is 15.9 Å². The quantitative estimate of drug-likeness (QED) is 0.890. The average molecular weight is 360 g/mol. The molecule has 1 aliphatic rings. The molecule has 1 fully saturated rings. The second-order valence-corrected chi connectivity index (χ2v) is 6.66. The summed E-state index contributed by atoms with van der Waals surface area (Å²) < 4.78 is 0.857. The van der Waals surface area contributed by atoms with Gasteiger partial charge in [0, 0.05) is 29.1 Å². The molecule has 1 saturated heterocycles. The van der Waals surface area contributed by atoms with Crippen LogP contribution in [-0.2, 0) is 4.79 Å². The van der Waals surface area contributed by atoms with Crippen molar-refractivity contribution in [1.82, 2.24) is 4.98 Å². The molecule has 6 heteroatoms. The van der Waals surface area contributed by atoms with Crippen molar-refractivity contribution in [1.29, 1.82) is 5.26 Å². The predicted octanol–water partition coefficient (Wildman–Crippen LogP) is 3.17. The van der Waals surface area contributed by atoms with Crippen LogP contribution in [0.4, 0.5) is 5.69 Å². The summed E-state index contributed by atoms with van der Waals surface area (Å²) in [5.41, 5.74) is 1.24. The highest BCUT2D eigenvalue weighted by Crippen LogP contribution is 2.39. The highest BCUT2D eigenvalue weighted by molar-refractivity contribution is 9.10. The first-order chi connectivity index (χ1) is 10.5. The number of aromatic nitrogens is 1. The van der Waals surface area contributed by atoms with E-state index in [0.29, 0.717) is 25.1 Å². The summed E-state index contributed by atoms with van der Waals surface area (Å²) in [5, 5.41) is 19.7. The number of fused-ring (bicyclic) bond motifs is 1. The van der Waals surface area contributed by atoms with Gasteiger partial charge in [0.1, 0.15) is 6.07 Å². The number of anilines is 1. The highest BCUT2D eigenvalue weighted by atomic mass is 79.9. The number of halogens is 1. The summed E-state index contributed by atoms with van der Waals surface area (Å²) in [4.78, 5) is 17.8. The third kappa shape index (κ3) is 2.22. The molecule has 112 valence electrons. The fourth-order valence-corrected chi connectivity index (χ4v) is 3.39.